The van der Waals surface area contributed by atoms with Crippen LogP contribution in [0.3, 0.4) is 0 Å². The van der Waals surface area contributed by atoms with Gasteiger partial charge in [-0.25, -0.2) is 4.79 Å². The van der Waals surface area contributed by atoms with E-state index in [2.05, 4.69) is 5.32 Å². The Hall–Kier alpha value is -2.11. The van der Waals surface area contributed by atoms with Crippen molar-refractivity contribution in [3.05, 3.63) is 51.5 Å². The fraction of sp³-hybridized carbons (Fsp3) is 0.133. The first-order valence-corrected chi connectivity index (χ1v) is 7.00. The molecule has 0 heterocycles. The van der Waals surface area contributed by atoms with Gasteiger partial charge in [0.15, 0.2) is 0 Å². The van der Waals surface area contributed by atoms with Crippen LogP contribution in [0.5, 0.6) is 11.5 Å². The topological polar surface area (TPSA) is 78.8 Å². The van der Waals surface area contributed by atoms with Gasteiger partial charge in [0, 0.05) is 28.9 Å². The molecule has 0 spiro atoms. The molecule has 0 aromatic heterocycles. The van der Waals surface area contributed by atoms with E-state index in [-0.39, 0.29) is 11.3 Å². The predicted octanol–water partition coefficient (Wildman–Crippen LogP) is 4.02. The lowest BCUT2D eigenvalue weighted by molar-refractivity contribution is 0.0694. The molecule has 0 radical (unpaired) electrons. The van der Waals surface area contributed by atoms with Gasteiger partial charge in [-0.15, -0.1) is 0 Å². The number of nitrogens with one attached hydrogen (secondary N) is 1. The van der Waals surface area contributed by atoms with Gasteiger partial charge in [0.2, 0.25) is 0 Å². The normalized spacial score (nSPS) is 10.3. The average Bonchev–Trinajstić information content (AvgIpc) is 2.44. The van der Waals surface area contributed by atoms with Crippen molar-refractivity contribution in [2.45, 2.75) is 6.54 Å². The molecule has 2 rings (SSSR count). The van der Waals surface area contributed by atoms with Crippen molar-refractivity contribution >= 4 is 34.9 Å². The van der Waals surface area contributed by atoms with Crippen molar-refractivity contribution in [1.82, 2.24) is 0 Å². The minimum Gasteiger partial charge on any atom is -0.507 e. The van der Waals surface area contributed by atoms with Crippen LogP contribution in [0.4, 0.5) is 5.69 Å². The zero-order chi connectivity index (χ0) is 16.3. The number of ether oxygens (including phenoxy) is 1. The number of carbonyl (C=O) groups is 1. The van der Waals surface area contributed by atoms with E-state index >= 15 is 0 Å². The molecule has 0 saturated heterocycles. The van der Waals surface area contributed by atoms with Crippen molar-refractivity contribution in [2.75, 3.05) is 12.4 Å². The molecule has 0 saturated carbocycles. The first-order chi connectivity index (χ1) is 10.4. The van der Waals surface area contributed by atoms with Crippen LogP contribution in [0.15, 0.2) is 30.3 Å². The highest BCUT2D eigenvalue weighted by Gasteiger charge is 2.12. The molecule has 2 aromatic rings. The van der Waals surface area contributed by atoms with E-state index < -0.39 is 5.97 Å². The number of aromatic carboxylic acids is 1. The number of aromatic hydroxyl groups is 1. The molecule has 0 unspecified atom stereocenters. The zero-order valence-corrected chi connectivity index (χ0v) is 13.1. The Kier molecular flexibility index (Phi) is 5.00. The van der Waals surface area contributed by atoms with Gasteiger partial charge in [-0.3, -0.25) is 0 Å². The number of rotatable bonds is 5. The van der Waals surface area contributed by atoms with Crippen LogP contribution in [0.2, 0.25) is 10.0 Å². The quantitative estimate of drug-likeness (QED) is 0.765. The molecular formula is C15H13Cl2NO4. The second-order valence-electron chi connectivity index (χ2n) is 4.47. The van der Waals surface area contributed by atoms with E-state index in [0.29, 0.717) is 28.0 Å². The van der Waals surface area contributed by atoms with E-state index in [1.54, 1.807) is 18.2 Å². The summed E-state index contributed by atoms with van der Waals surface area (Å²) in [5, 5.41) is 22.5. The van der Waals surface area contributed by atoms with Crippen molar-refractivity contribution in [3.63, 3.8) is 0 Å². The molecule has 2 aromatic carbocycles. The van der Waals surface area contributed by atoms with Crippen LogP contribution >= 0.6 is 23.2 Å². The number of halogens is 2. The predicted molar refractivity (Wildman–Crippen MR) is 85.4 cm³/mol. The van der Waals surface area contributed by atoms with Crippen molar-refractivity contribution in [2.24, 2.45) is 0 Å². The van der Waals surface area contributed by atoms with E-state index in [0.717, 1.165) is 5.56 Å². The SMILES string of the molecule is COc1c(Cl)cc(Cl)cc1CNc1ccc(C(=O)O)c(O)c1. The lowest BCUT2D eigenvalue weighted by Gasteiger charge is -2.13. The monoisotopic (exact) mass is 341 g/mol. The Balaban J connectivity index is 2.20. The lowest BCUT2D eigenvalue weighted by atomic mass is 10.1. The van der Waals surface area contributed by atoms with Gasteiger partial charge in [-0.1, -0.05) is 23.2 Å². The highest BCUT2D eigenvalue weighted by atomic mass is 35.5. The second kappa shape index (κ2) is 6.77. The molecule has 116 valence electrons. The Bertz CT molecular complexity index is 719. The summed E-state index contributed by atoms with van der Waals surface area (Å²) in [5.41, 5.74) is 1.14. The standard InChI is InChI=1S/C15H13Cl2NO4/c1-22-14-8(4-9(16)5-12(14)17)7-18-10-2-3-11(15(20)21)13(19)6-10/h2-6,18-19H,7H2,1H3,(H,20,21). The van der Waals surface area contributed by atoms with Gasteiger partial charge in [-0.2, -0.15) is 0 Å². The molecule has 0 aliphatic rings. The Morgan fingerprint density at radius 1 is 1.27 bits per heavy atom. The number of hydrogen-bond donors (Lipinski definition) is 3. The third-order valence-electron chi connectivity index (χ3n) is 3.00. The number of anilines is 1. The molecule has 22 heavy (non-hydrogen) atoms. The molecule has 0 atom stereocenters. The van der Waals surface area contributed by atoms with Crippen LogP contribution in [0, 0.1) is 0 Å². The summed E-state index contributed by atoms with van der Waals surface area (Å²) in [4.78, 5) is 10.8. The second-order valence-corrected chi connectivity index (χ2v) is 5.31. The number of benzene rings is 2. The summed E-state index contributed by atoms with van der Waals surface area (Å²) in [6, 6.07) is 7.51. The lowest BCUT2D eigenvalue weighted by Crippen LogP contribution is -2.03. The minimum absolute atomic E-state index is 0.158. The zero-order valence-electron chi connectivity index (χ0n) is 11.6. The third-order valence-corrected chi connectivity index (χ3v) is 3.50. The maximum absolute atomic E-state index is 10.8. The summed E-state index contributed by atoms with van der Waals surface area (Å²) in [5.74, 6) is -0.995. The average molecular weight is 342 g/mol. The van der Waals surface area contributed by atoms with E-state index in [9.17, 15) is 9.90 Å². The maximum Gasteiger partial charge on any atom is 0.339 e. The molecule has 7 heteroatoms. The molecule has 3 N–H and O–H groups in total. The molecule has 0 fully saturated rings. The summed E-state index contributed by atoms with van der Waals surface area (Å²) < 4.78 is 5.24. The van der Waals surface area contributed by atoms with Gasteiger partial charge >= 0.3 is 5.97 Å². The molecule has 5 nitrogen and oxygen atoms in total. The molecule has 0 aliphatic heterocycles. The largest absolute Gasteiger partial charge is 0.507 e. The number of carboxylic acid groups (broad SMARTS) is 1. The summed E-state index contributed by atoms with van der Waals surface area (Å²) in [6.07, 6.45) is 0. The van der Waals surface area contributed by atoms with E-state index in [1.807, 2.05) is 0 Å². The van der Waals surface area contributed by atoms with Crippen LogP contribution in [-0.2, 0) is 6.54 Å². The van der Waals surface area contributed by atoms with Crippen molar-refractivity contribution in [1.29, 1.82) is 0 Å². The van der Waals surface area contributed by atoms with Crippen LogP contribution in [0.25, 0.3) is 0 Å². The summed E-state index contributed by atoms with van der Waals surface area (Å²) >= 11 is 12.0. The summed E-state index contributed by atoms with van der Waals surface area (Å²) in [6.45, 7) is 0.343. The number of methoxy groups -OCH3 is 1. The number of hydrogen-bond acceptors (Lipinski definition) is 4. The van der Waals surface area contributed by atoms with Crippen molar-refractivity contribution in [3.8, 4) is 11.5 Å². The first-order valence-electron chi connectivity index (χ1n) is 6.24. The van der Waals surface area contributed by atoms with Crippen molar-refractivity contribution < 1.29 is 19.7 Å². The Labute approximate surface area is 137 Å². The van der Waals surface area contributed by atoms with Gasteiger partial charge in [-0.05, 0) is 24.3 Å². The molecular weight excluding hydrogens is 329 g/mol. The smallest absolute Gasteiger partial charge is 0.339 e. The fourth-order valence-corrected chi connectivity index (χ4v) is 2.61. The highest BCUT2D eigenvalue weighted by Crippen LogP contribution is 2.33. The fourth-order valence-electron chi connectivity index (χ4n) is 1.99. The van der Waals surface area contributed by atoms with Gasteiger partial charge in [0.05, 0.1) is 12.1 Å². The van der Waals surface area contributed by atoms with Gasteiger partial charge in [0.1, 0.15) is 17.1 Å². The van der Waals surface area contributed by atoms with E-state index in [4.69, 9.17) is 33.0 Å². The molecule has 0 amide bonds. The van der Waals surface area contributed by atoms with Crippen LogP contribution in [0.1, 0.15) is 15.9 Å². The van der Waals surface area contributed by atoms with Gasteiger partial charge in [0.25, 0.3) is 0 Å². The number of carboxylic acids is 1. The maximum atomic E-state index is 10.8. The van der Waals surface area contributed by atoms with E-state index in [1.165, 1.54) is 19.2 Å². The first kappa shape index (κ1) is 16.3. The highest BCUT2D eigenvalue weighted by molar-refractivity contribution is 6.35. The summed E-state index contributed by atoms with van der Waals surface area (Å²) in [7, 11) is 1.51. The molecule has 0 bridgehead atoms. The van der Waals surface area contributed by atoms with Crippen LogP contribution < -0.4 is 10.1 Å². The number of phenols is 1. The molecule has 0 aliphatic carbocycles. The Morgan fingerprint density at radius 2 is 2.00 bits per heavy atom. The third kappa shape index (κ3) is 3.55. The van der Waals surface area contributed by atoms with Gasteiger partial charge < -0.3 is 20.3 Å². The minimum atomic E-state index is -1.19. The van der Waals surface area contributed by atoms with Crippen LogP contribution in [-0.4, -0.2) is 23.3 Å². The Morgan fingerprint density at radius 3 is 2.59 bits per heavy atom.